The summed E-state index contributed by atoms with van der Waals surface area (Å²) < 4.78 is 10.8. The highest BCUT2D eigenvalue weighted by molar-refractivity contribution is 14.0. The minimum Gasteiger partial charge on any atom is -0.454 e. The van der Waals surface area contributed by atoms with Gasteiger partial charge in [0.2, 0.25) is 12.7 Å². The molecule has 0 fully saturated rings. The quantitative estimate of drug-likeness (QED) is 0.374. The van der Waals surface area contributed by atoms with Gasteiger partial charge in [-0.3, -0.25) is 9.79 Å². The highest BCUT2D eigenvalue weighted by Crippen LogP contribution is 2.32. The Bertz CT molecular complexity index is 649. The first-order valence-corrected chi connectivity index (χ1v) is 8.46. The van der Waals surface area contributed by atoms with E-state index in [1.54, 1.807) is 7.05 Å². The molecule has 0 atom stereocenters. The number of fused-ring (bicyclic) bond motifs is 1. The van der Waals surface area contributed by atoms with Gasteiger partial charge < -0.3 is 25.0 Å². The summed E-state index contributed by atoms with van der Waals surface area (Å²) in [7, 11) is 3.69. The number of aliphatic imine (C=N–C) groups is 1. The van der Waals surface area contributed by atoms with Crippen molar-refractivity contribution in [1.29, 1.82) is 0 Å². The maximum atomic E-state index is 12.1. The lowest BCUT2D eigenvalue weighted by Gasteiger charge is -2.28. The second-order valence-corrected chi connectivity index (χ2v) is 6.69. The van der Waals surface area contributed by atoms with Crippen molar-refractivity contribution in [3.8, 4) is 11.5 Å². The third-order valence-corrected chi connectivity index (χ3v) is 4.07. The van der Waals surface area contributed by atoms with Crippen molar-refractivity contribution < 1.29 is 14.3 Å². The van der Waals surface area contributed by atoms with Crippen molar-refractivity contribution in [2.45, 2.75) is 27.3 Å². The van der Waals surface area contributed by atoms with Gasteiger partial charge in [-0.1, -0.05) is 6.07 Å². The van der Waals surface area contributed by atoms with Crippen LogP contribution in [0, 0.1) is 5.41 Å². The Morgan fingerprint density at radius 1 is 1.27 bits per heavy atom. The van der Waals surface area contributed by atoms with Crippen LogP contribution in [0.5, 0.6) is 11.5 Å². The first-order valence-electron chi connectivity index (χ1n) is 8.46. The molecule has 146 valence electrons. The number of hydrogen-bond donors (Lipinski definition) is 2. The normalized spacial score (nSPS) is 13.0. The lowest BCUT2D eigenvalue weighted by molar-refractivity contribution is -0.128. The Kier molecular flexibility index (Phi) is 8.45. The fraction of sp³-hybridized carbons (Fsp3) is 0.556. The van der Waals surface area contributed by atoms with E-state index in [9.17, 15) is 4.79 Å². The molecule has 0 aliphatic carbocycles. The molecule has 0 radical (unpaired) electrons. The summed E-state index contributed by atoms with van der Waals surface area (Å²) >= 11 is 0. The number of carbonyl (C=O) groups is 1. The van der Waals surface area contributed by atoms with Gasteiger partial charge in [0, 0.05) is 33.7 Å². The number of nitrogens with zero attached hydrogens (tertiary/aromatic N) is 2. The number of benzene rings is 1. The number of nitrogens with one attached hydrogen (secondary N) is 2. The van der Waals surface area contributed by atoms with Crippen molar-refractivity contribution in [2.24, 2.45) is 10.4 Å². The minimum absolute atomic E-state index is 0. The van der Waals surface area contributed by atoms with Crippen LogP contribution in [0.1, 0.15) is 26.3 Å². The fourth-order valence-electron chi connectivity index (χ4n) is 2.55. The van der Waals surface area contributed by atoms with Crippen LogP contribution < -0.4 is 20.1 Å². The number of hydrogen-bond acceptors (Lipinski definition) is 4. The Hall–Kier alpha value is -1.71. The zero-order chi connectivity index (χ0) is 18.4. The van der Waals surface area contributed by atoms with E-state index < -0.39 is 5.41 Å². The molecule has 0 bridgehead atoms. The van der Waals surface area contributed by atoms with Crippen molar-refractivity contribution in [1.82, 2.24) is 15.5 Å². The average molecular weight is 476 g/mol. The first kappa shape index (κ1) is 22.3. The average Bonchev–Trinajstić information content (AvgIpc) is 3.03. The number of amides is 1. The molecule has 1 aliphatic heterocycles. The van der Waals surface area contributed by atoms with E-state index in [1.807, 2.05) is 50.9 Å². The summed E-state index contributed by atoms with van der Waals surface area (Å²) in [6.07, 6.45) is 0. The predicted octanol–water partition coefficient (Wildman–Crippen LogP) is 2.20. The summed E-state index contributed by atoms with van der Waals surface area (Å²) in [5, 5.41) is 6.14. The molecular formula is C18H29IN4O3. The van der Waals surface area contributed by atoms with E-state index in [-0.39, 0.29) is 36.7 Å². The van der Waals surface area contributed by atoms with Crippen LogP contribution in [-0.4, -0.2) is 50.7 Å². The SMILES string of the molecule is CCNC(=O)C(C)(C)CNC(=NC)N(C)Cc1ccc2c(c1)OCO2.I. The largest absolute Gasteiger partial charge is 0.454 e. The van der Waals surface area contributed by atoms with Gasteiger partial charge in [-0.05, 0) is 38.5 Å². The predicted molar refractivity (Wildman–Crippen MR) is 113 cm³/mol. The molecule has 1 heterocycles. The standard InChI is InChI=1S/C18H28N4O3.HI/c1-6-20-16(23)18(2,3)11-21-17(19-4)22(5)10-13-7-8-14-15(9-13)25-12-24-14;/h7-9H,6,10-12H2,1-5H3,(H,19,21)(H,20,23);1H. The molecule has 0 spiro atoms. The Morgan fingerprint density at radius 2 is 1.96 bits per heavy atom. The van der Waals surface area contributed by atoms with E-state index in [0.29, 0.717) is 19.6 Å². The molecule has 8 heteroatoms. The third-order valence-electron chi connectivity index (χ3n) is 4.07. The smallest absolute Gasteiger partial charge is 0.231 e. The second-order valence-electron chi connectivity index (χ2n) is 6.69. The lowest BCUT2D eigenvalue weighted by atomic mass is 9.92. The third kappa shape index (κ3) is 5.65. The molecule has 1 aliphatic rings. The minimum atomic E-state index is -0.522. The molecule has 1 amide bonds. The van der Waals surface area contributed by atoms with Crippen LogP contribution in [0.15, 0.2) is 23.2 Å². The molecule has 7 nitrogen and oxygen atoms in total. The van der Waals surface area contributed by atoms with E-state index >= 15 is 0 Å². The maximum absolute atomic E-state index is 12.1. The van der Waals surface area contributed by atoms with E-state index in [0.717, 1.165) is 23.0 Å². The molecule has 2 N–H and O–H groups in total. The Morgan fingerprint density at radius 3 is 2.62 bits per heavy atom. The van der Waals surface area contributed by atoms with Crippen molar-refractivity contribution in [2.75, 3.05) is 34.0 Å². The molecule has 0 saturated heterocycles. The zero-order valence-electron chi connectivity index (χ0n) is 16.1. The maximum Gasteiger partial charge on any atom is 0.231 e. The molecular weight excluding hydrogens is 447 g/mol. The summed E-state index contributed by atoms with van der Waals surface area (Å²) in [5.74, 6) is 2.30. The molecule has 26 heavy (non-hydrogen) atoms. The van der Waals surface area contributed by atoms with Crippen molar-refractivity contribution in [3.05, 3.63) is 23.8 Å². The molecule has 0 unspecified atom stereocenters. The van der Waals surface area contributed by atoms with Crippen LogP contribution >= 0.6 is 24.0 Å². The lowest BCUT2D eigenvalue weighted by Crippen LogP contribution is -2.48. The van der Waals surface area contributed by atoms with Gasteiger partial charge in [-0.15, -0.1) is 24.0 Å². The van der Waals surface area contributed by atoms with Gasteiger partial charge in [-0.2, -0.15) is 0 Å². The van der Waals surface area contributed by atoms with E-state index in [1.165, 1.54) is 0 Å². The van der Waals surface area contributed by atoms with Gasteiger partial charge in [0.1, 0.15) is 0 Å². The van der Waals surface area contributed by atoms with Gasteiger partial charge in [0.25, 0.3) is 0 Å². The van der Waals surface area contributed by atoms with Crippen LogP contribution in [0.3, 0.4) is 0 Å². The monoisotopic (exact) mass is 476 g/mol. The second kappa shape index (κ2) is 9.84. The molecule has 0 aromatic heterocycles. The molecule has 1 aromatic carbocycles. The van der Waals surface area contributed by atoms with Gasteiger partial charge in [0.15, 0.2) is 17.5 Å². The van der Waals surface area contributed by atoms with Crippen LogP contribution in [0.25, 0.3) is 0 Å². The number of rotatable bonds is 6. The van der Waals surface area contributed by atoms with Gasteiger partial charge >= 0.3 is 0 Å². The fourth-order valence-corrected chi connectivity index (χ4v) is 2.55. The highest BCUT2D eigenvalue weighted by atomic mass is 127. The summed E-state index contributed by atoms with van der Waals surface area (Å²) in [5.41, 5.74) is 0.573. The van der Waals surface area contributed by atoms with Gasteiger partial charge in [0.05, 0.1) is 5.41 Å². The topological polar surface area (TPSA) is 75.2 Å². The summed E-state index contributed by atoms with van der Waals surface area (Å²) in [4.78, 5) is 18.4. The molecule has 2 rings (SSSR count). The first-order chi connectivity index (χ1) is 11.9. The number of halogens is 1. The Labute approximate surface area is 172 Å². The Balaban J connectivity index is 0.00000338. The highest BCUT2D eigenvalue weighted by Gasteiger charge is 2.27. The summed E-state index contributed by atoms with van der Waals surface area (Å²) in [6, 6.07) is 5.90. The van der Waals surface area contributed by atoms with Crippen molar-refractivity contribution in [3.63, 3.8) is 0 Å². The molecule has 1 aromatic rings. The van der Waals surface area contributed by atoms with Crippen LogP contribution in [-0.2, 0) is 11.3 Å². The number of carbonyl (C=O) groups excluding carboxylic acids is 1. The zero-order valence-corrected chi connectivity index (χ0v) is 18.4. The summed E-state index contributed by atoms with van der Waals surface area (Å²) in [6.45, 7) is 7.80. The van der Waals surface area contributed by atoms with E-state index in [2.05, 4.69) is 15.6 Å². The van der Waals surface area contributed by atoms with E-state index in [4.69, 9.17) is 9.47 Å². The van der Waals surface area contributed by atoms with Crippen LogP contribution in [0.2, 0.25) is 0 Å². The van der Waals surface area contributed by atoms with Gasteiger partial charge in [-0.25, -0.2) is 0 Å². The number of ether oxygens (including phenoxy) is 2. The van der Waals surface area contributed by atoms with Crippen molar-refractivity contribution >= 4 is 35.8 Å². The van der Waals surface area contributed by atoms with Crippen LogP contribution in [0.4, 0.5) is 0 Å². The number of guanidine groups is 1. The molecule has 0 saturated carbocycles.